The number of fused-ring (bicyclic) bond motifs is 1. The fraction of sp³-hybridized carbons (Fsp3) is 0.647. The minimum Gasteiger partial charge on any atom is -0.455 e. The molecule has 2 aromatic heterocycles. The number of aromatic nitrogens is 4. The molecule has 0 aromatic carbocycles. The van der Waals surface area contributed by atoms with E-state index in [1.807, 2.05) is 4.57 Å². The summed E-state index contributed by atoms with van der Waals surface area (Å²) >= 11 is 4.25. The lowest BCUT2D eigenvalue weighted by atomic mass is 10.1. The lowest BCUT2D eigenvalue weighted by molar-refractivity contribution is -0.155. The Hall–Kier alpha value is -1.91. The van der Waals surface area contributed by atoms with Crippen LogP contribution < -0.4 is 5.73 Å². The summed E-state index contributed by atoms with van der Waals surface area (Å²) in [6.45, 7) is 1.31. The SMILES string of the molecule is CC(=O)O[C@@H]1[C@H](O)[C@@H](CS)O[C@H]1n1c(C2CCCC2)nc2c(N)ncnc21. The van der Waals surface area contributed by atoms with Crippen molar-refractivity contribution in [3.05, 3.63) is 12.2 Å². The van der Waals surface area contributed by atoms with Crippen LogP contribution in [0.3, 0.4) is 0 Å². The molecule has 0 spiro atoms. The number of nitrogens with two attached hydrogens (primary N) is 1. The van der Waals surface area contributed by atoms with Crippen molar-refractivity contribution in [2.45, 2.75) is 63.1 Å². The van der Waals surface area contributed by atoms with Gasteiger partial charge < -0.3 is 20.3 Å². The molecular formula is C17H23N5O4S. The maximum atomic E-state index is 11.6. The van der Waals surface area contributed by atoms with E-state index in [0.29, 0.717) is 11.2 Å². The molecule has 2 aliphatic rings. The van der Waals surface area contributed by atoms with E-state index in [2.05, 4.69) is 22.6 Å². The molecule has 0 amide bonds. The van der Waals surface area contributed by atoms with Crippen molar-refractivity contribution in [1.29, 1.82) is 0 Å². The molecule has 4 atom stereocenters. The number of carbonyl (C=O) groups excluding carboxylic acids is 1. The lowest BCUT2D eigenvalue weighted by Crippen LogP contribution is -2.36. The average molecular weight is 393 g/mol. The first-order valence-electron chi connectivity index (χ1n) is 9.11. The zero-order valence-electron chi connectivity index (χ0n) is 15.0. The fourth-order valence-electron chi connectivity index (χ4n) is 4.06. The van der Waals surface area contributed by atoms with E-state index >= 15 is 0 Å². The molecule has 3 N–H and O–H groups in total. The highest BCUT2D eigenvalue weighted by Crippen LogP contribution is 2.41. The highest BCUT2D eigenvalue weighted by molar-refractivity contribution is 7.80. The molecule has 1 saturated carbocycles. The summed E-state index contributed by atoms with van der Waals surface area (Å²) in [6, 6.07) is 0. The number of aliphatic hydroxyl groups is 1. The largest absolute Gasteiger partial charge is 0.455 e. The number of ether oxygens (including phenoxy) is 2. The zero-order chi connectivity index (χ0) is 19.1. The number of carbonyl (C=O) groups is 1. The van der Waals surface area contributed by atoms with Crippen LogP contribution in [0.15, 0.2) is 6.33 Å². The van der Waals surface area contributed by atoms with Gasteiger partial charge in [-0.15, -0.1) is 0 Å². The van der Waals surface area contributed by atoms with Gasteiger partial charge in [0.25, 0.3) is 0 Å². The van der Waals surface area contributed by atoms with Gasteiger partial charge in [0.05, 0.1) is 6.10 Å². The van der Waals surface area contributed by atoms with E-state index in [1.54, 1.807) is 0 Å². The molecular weight excluding hydrogens is 370 g/mol. The fourth-order valence-corrected chi connectivity index (χ4v) is 4.36. The van der Waals surface area contributed by atoms with Gasteiger partial charge in [-0.1, -0.05) is 12.8 Å². The van der Waals surface area contributed by atoms with Crippen molar-refractivity contribution in [1.82, 2.24) is 19.5 Å². The Labute approximate surface area is 161 Å². The van der Waals surface area contributed by atoms with Crippen molar-refractivity contribution in [2.75, 3.05) is 11.5 Å². The third-order valence-electron chi connectivity index (χ3n) is 5.30. The molecule has 0 bridgehead atoms. The summed E-state index contributed by atoms with van der Waals surface area (Å²) in [5.41, 5.74) is 7.02. The van der Waals surface area contributed by atoms with Crippen molar-refractivity contribution < 1.29 is 19.4 Å². The molecule has 9 nitrogen and oxygen atoms in total. The van der Waals surface area contributed by atoms with Gasteiger partial charge in [0, 0.05) is 18.6 Å². The van der Waals surface area contributed by atoms with Crippen LogP contribution in [-0.4, -0.2) is 54.7 Å². The Morgan fingerprint density at radius 1 is 1.44 bits per heavy atom. The first-order chi connectivity index (χ1) is 13.0. The van der Waals surface area contributed by atoms with Crippen LogP contribution in [0.25, 0.3) is 11.2 Å². The zero-order valence-corrected chi connectivity index (χ0v) is 15.9. The maximum absolute atomic E-state index is 11.6. The first-order valence-corrected chi connectivity index (χ1v) is 9.74. The Balaban J connectivity index is 1.86. The van der Waals surface area contributed by atoms with Crippen molar-refractivity contribution in [3.8, 4) is 0 Å². The Morgan fingerprint density at radius 2 is 2.19 bits per heavy atom. The molecule has 4 rings (SSSR count). The summed E-state index contributed by atoms with van der Waals surface area (Å²) in [5, 5.41) is 10.6. The Kier molecular flexibility index (Phi) is 4.95. The third kappa shape index (κ3) is 3.15. The van der Waals surface area contributed by atoms with Crippen LogP contribution in [-0.2, 0) is 14.3 Å². The number of hydrogen-bond donors (Lipinski definition) is 3. The predicted octanol–water partition coefficient (Wildman–Crippen LogP) is 1.19. The number of rotatable bonds is 4. The predicted molar refractivity (Wildman–Crippen MR) is 100 cm³/mol. The number of esters is 1. The molecule has 3 heterocycles. The molecule has 27 heavy (non-hydrogen) atoms. The molecule has 1 aliphatic heterocycles. The number of nitrogen functional groups attached to an aromatic ring is 1. The molecule has 2 fully saturated rings. The quantitative estimate of drug-likeness (QED) is 0.522. The second kappa shape index (κ2) is 7.25. The molecule has 0 unspecified atom stereocenters. The monoisotopic (exact) mass is 393 g/mol. The van der Waals surface area contributed by atoms with Crippen LogP contribution >= 0.6 is 12.6 Å². The van der Waals surface area contributed by atoms with Gasteiger partial charge in [-0.05, 0) is 12.8 Å². The molecule has 1 aliphatic carbocycles. The van der Waals surface area contributed by atoms with E-state index in [1.165, 1.54) is 13.3 Å². The number of thiol groups is 1. The lowest BCUT2D eigenvalue weighted by Gasteiger charge is -2.24. The average Bonchev–Trinajstić information content (AvgIpc) is 3.34. The van der Waals surface area contributed by atoms with Crippen LogP contribution in [0.5, 0.6) is 0 Å². The Bertz CT molecular complexity index is 853. The van der Waals surface area contributed by atoms with Crippen LogP contribution in [0, 0.1) is 0 Å². The van der Waals surface area contributed by atoms with E-state index in [9.17, 15) is 9.90 Å². The summed E-state index contributed by atoms with van der Waals surface area (Å²) < 4.78 is 13.3. The van der Waals surface area contributed by atoms with Gasteiger partial charge in [-0.3, -0.25) is 9.36 Å². The standard InChI is InChI=1S/C17H23N5O4S/c1-8(23)25-13-12(24)10(6-27)26-17(13)22-15(9-4-2-3-5-9)21-11-14(18)19-7-20-16(11)22/h7,9-10,12-13,17,24,27H,2-6H2,1H3,(H2,18,19,20)/t10-,12-,13-,17-/m1/s1. The normalized spacial score (nSPS) is 28.9. The molecule has 0 radical (unpaired) electrons. The maximum Gasteiger partial charge on any atom is 0.303 e. The third-order valence-corrected chi connectivity index (χ3v) is 5.66. The van der Waals surface area contributed by atoms with Gasteiger partial charge >= 0.3 is 5.97 Å². The molecule has 2 aromatic rings. The van der Waals surface area contributed by atoms with Gasteiger partial charge in [-0.25, -0.2) is 15.0 Å². The van der Waals surface area contributed by atoms with Crippen molar-refractivity contribution >= 4 is 35.6 Å². The molecule has 1 saturated heterocycles. The topological polar surface area (TPSA) is 125 Å². The number of anilines is 1. The highest BCUT2D eigenvalue weighted by Gasteiger charge is 2.48. The summed E-state index contributed by atoms with van der Waals surface area (Å²) in [5.74, 6) is 1.09. The van der Waals surface area contributed by atoms with E-state index in [-0.39, 0.29) is 17.5 Å². The minimum atomic E-state index is -0.996. The Morgan fingerprint density at radius 3 is 2.85 bits per heavy atom. The van der Waals surface area contributed by atoms with E-state index < -0.39 is 30.5 Å². The second-order valence-electron chi connectivity index (χ2n) is 7.06. The van der Waals surface area contributed by atoms with E-state index in [0.717, 1.165) is 31.5 Å². The van der Waals surface area contributed by atoms with Crippen LogP contribution in [0.2, 0.25) is 0 Å². The summed E-state index contributed by atoms with van der Waals surface area (Å²) in [4.78, 5) is 24.7. The molecule has 146 valence electrons. The smallest absolute Gasteiger partial charge is 0.303 e. The van der Waals surface area contributed by atoms with Gasteiger partial charge in [0.2, 0.25) is 0 Å². The van der Waals surface area contributed by atoms with Crippen LogP contribution in [0.4, 0.5) is 5.82 Å². The number of aliphatic hydroxyl groups excluding tert-OH is 1. The van der Waals surface area contributed by atoms with Gasteiger partial charge in [-0.2, -0.15) is 12.6 Å². The van der Waals surface area contributed by atoms with Gasteiger partial charge in [0.15, 0.2) is 29.3 Å². The van der Waals surface area contributed by atoms with Crippen LogP contribution in [0.1, 0.15) is 50.6 Å². The van der Waals surface area contributed by atoms with Crippen molar-refractivity contribution in [2.24, 2.45) is 0 Å². The summed E-state index contributed by atoms with van der Waals surface area (Å²) in [6.07, 6.45) is 2.41. The first kappa shape index (κ1) is 18.5. The van der Waals surface area contributed by atoms with E-state index in [4.69, 9.17) is 20.2 Å². The molecule has 10 heteroatoms. The number of nitrogens with zero attached hydrogens (tertiary/aromatic N) is 4. The second-order valence-corrected chi connectivity index (χ2v) is 7.43. The minimum absolute atomic E-state index is 0.229. The highest BCUT2D eigenvalue weighted by atomic mass is 32.1. The summed E-state index contributed by atoms with van der Waals surface area (Å²) in [7, 11) is 0. The number of imidazole rings is 1. The van der Waals surface area contributed by atoms with Gasteiger partial charge in [0.1, 0.15) is 18.3 Å². The number of hydrogen-bond acceptors (Lipinski definition) is 9. The van der Waals surface area contributed by atoms with Crippen molar-refractivity contribution in [3.63, 3.8) is 0 Å².